The number of rotatable bonds is 4. The zero-order valence-corrected chi connectivity index (χ0v) is 13.7. The summed E-state index contributed by atoms with van der Waals surface area (Å²) >= 11 is -2.39. The van der Waals surface area contributed by atoms with Crippen molar-refractivity contribution in [1.82, 2.24) is 0 Å². The molecule has 0 spiro atoms. The van der Waals surface area contributed by atoms with Crippen LogP contribution < -0.4 is 0 Å². The summed E-state index contributed by atoms with van der Waals surface area (Å²) in [6, 6.07) is 9.19. The summed E-state index contributed by atoms with van der Waals surface area (Å²) in [5.74, 6) is 0. The van der Waals surface area contributed by atoms with Crippen LogP contribution in [0.15, 0.2) is 59.4 Å². The number of benzene rings is 2. The Bertz CT molecular complexity index is 763. The van der Waals surface area contributed by atoms with E-state index >= 15 is 0 Å². The van der Waals surface area contributed by atoms with E-state index in [0.717, 1.165) is 23.3 Å². The van der Waals surface area contributed by atoms with E-state index in [2.05, 4.69) is 4.18 Å². The van der Waals surface area contributed by atoms with E-state index in [1.54, 1.807) is 26.0 Å². The van der Waals surface area contributed by atoms with Crippen LogP contribution in [0.3, 0.4) is 0 Å². The Morgan fingerprint density at radius 2 is 1.38 bits per heavy atom. The lowest BCUT2D eigenvalue weighted by Gasteiger charge is -2.13. The van der Waals surface area contributed by atoms with Crippen molar-refractivity contribution in [3.8, 4) is 0 Å². The summed E-state index contributed by atoms with van der Waals surface area (Å²) in [5.41, 5.74) is -0.401. The summed E-state index contributed by atoms with van der Waals surface area (Å²) in [4.78, 5) is 0.0705. The number of hydrogen-bond acceptors (Lipinski definition) is 2. The lowest BCUT2D eigenvalue weighted by atomic mass is 10.1. The summed E-state index contributed by atoms with van der Waals surface area (Å²) in [5, 5.41) is 0. The third-order valence-electron chi connectivity index (χ3n) is 3.18. The van der Waals surface area contributed by atoms with E-state index in [0.29, 0.717) is 0 Å². The molecule has 2 aromatic carbocycles. The molecule has 0 aliphatic carbocycles. The maximum absolute atomic E-state index is 14.1. The topological polar surface area (TPSA) is 26.3 Å². The Hall–Kier alpha value is -2.15. The molecule has 0 aliphatic rings. The van der Waals surface area contributed by atoms with Crippen molar-refractivity contribution in [2.45, 2.75) is 24.9 Å². The number of hydrogen-bond donors (Lipinski definition) is 0. The van der Waals surface area contributed by atoms with Crippen molar-refractivity contribution in [3.63, 3.8) is 0 Å². The highest BCUT2D eigenvalue weighted by Gasteiger charge is 2.40. The molecule has 128 valence electrons. The van der Waals surface area contributed by atoms with Gasteiger partial charge in [-0.25, -0.2) is 4.21 Å². The van der Waals surface area contributed by atoms with Crippen molar-refractivity contribution >= 4 is 16.7 Å². The van der Waals surface area contributed by atoms with Crippen LogP contribution in [-0.4, -0.2) is 10.4 Å². The molecule has 0 radical (unpaired) electrons. The first-order valence-corrected chi connectivity index (χ1v) is 7.97. The lowest BCUT2D eigenvalue weighted by Crippen LogP contribution is -2.14. The van der Waals surface area contributed by atoms with Crippen LogP contribution in [0.4, 0.5) is 17.6 Å². The molecule has 0 saturated heterocycles. The lowest BCUT2D eigenvalue weighted by molar-refractivity contribution is -0.0715. The SMILES string of the molecule is Cc1ccc(/C(=C(/F)OS(=O)c2ccc(C)cc2)C(F)(F)F)cc1. The van der Waals surface area contributed by atoms with E-state index in [-0.39, 0.29) is 4.90 Å². The van der Waals surface area contributed by atoms with Gasteiger partial charge in [-0.2, -0.15) is 17.6 Å². The van der Waals surface area contributed by atoms with Crippen LogP contribution in [0, 0.1) is 13.8 Å². The molecule has 0 saturated carbocycles. The van der Waals surface area contributed by atoms with E-state index in [9.17, 15) is 21.8 Å². The fourth-order valence-electron chi connectivity index (χ4n) is 1.91. The zero-order valence-electron chi connectivity index (χ0n) is 12.9. The molecular weight excluding hydrogens is 344 g/mol. The Morgan fingerprint density at radius 3 is 1.83 bits per heavy atom. The number of aryl methyl sites for hydroxylation is 2. The van der Waals surface area contributed by atoms with E-state index in [1.165, 1.54) is 24.3 Å². The Labute approximate surface area is 139 Å². The number of allylic oxidation sites excluding steroid dienone is 1. The maximum atomic E-state index is 14.1. The second kappa shape index (κ2) is 7.17. The second-order valence-corrected chi connectivity index (χ2v) is 6.25. The van der Waals surface area contributed by atoms with Gasteiger partial charge in [-0.3, -0.25) is 0 Å². The van der Waals surface area contributed by atoms with Crippen molar-refractivity contribution in [2.75, 3.05) is 0 Å². The van der Waals surface area contributed by atoms with Gasteiger partial charge in [0.05, 0.1) is 4.90 Å². The summed E-state index contributed by atoms with van der Waals surface area (Å²) < 4.78 is 70.0. The summed E-state index contributed by atoms with van der Waals surface area (Å²) in [6.07, 6.45) is -4.99. The molecule has 0 N–H and O–H groups in total. The van der Waals surface area contributed by atoms with Gasteiger partial charge in [0.2, 0.25) is 11.1 Å². The van der Waals surface area contributed by atoms with Gasteiger partial charge in [-0.1, -0.05) is 47.5 Å². The summed E-state index contributed by atoms with van der Waals surface area (Å²) in [6.45, 7) is 3.48. The average molecular weight is 358 g/mol. The molecule has 0 fully saturated rings. The van der Waals surface area contributed by atoms with Gasteiger partial charge in [-0.15, -0.1) is 0 Å². The molecule has 24 heavy (non-hydrogen) atoms. The third kappa shape index (κ3) is 4.44. The van der Waals surface area contributed by atoms with Crippen molar-refractivity contribution in [3.05, 3.63) is 71.2 Å². The normalized spacial score (nSPS) is 14.1. The van der Waals surface area contributed by atoms with Crippen molar-refractivity contribution < 1.29 is 26.0 Å². The van der Waals surface area contributed by atoms with Crippen molar-refractivity contribution in [1.29, 1.82) is 0 Å². The monoisotopic (exact) mass is 358 g/mol. The maximum Gasteiger partial charge on any atom is 0.422 e. The Morgan fingerprint density at radius 1 is 0.917 bits per heavy atom. The van der Waals surface area contributed by atoms with Gasteiger partial charge in [-0.05, 0) is 31.5 Å². The van der Waals surface area contributed by atoms with Crippen LogP contribution in [0.2, 0.25) is 0 Å². The summed E-state index contributed by atoms with van der Waals surface area (Å²) in [7, 11) is 0. The molecule has 0 bridgehead atoms. The van der Waals surface area contributed by atoms with Crippen LogP contribution in [0.25, 0.3) is 5.57 Å². The smallest absolute Gasteiger partial charge is 0.366 e. The molecule has 1 atom stereocenters. The number of halogens is 4. The predicted molar refractivity (Wildman–Crippen MR) is 83.9 cm³/mol. The van der Waals surface area contributed by atoms with Gasteiger partial charge in [0, 0.05) is 0 Å². The Balaban J connectivity index is 2.37. The molecule has 2 rings (SSSR count). The first kappa shape index (κ1) is 18.2. The molecule has 7 heteroatoms. The minimum absolute atomic E-state index is 0.0705. The van der Waals surface area contributed by atoms with Gasteiger partial charge in [0.1, 0.15) is 5.57 Å². The van der Waals surface area contributed by atoms with E-state index in [1.807, 2.05) is 0 Å². The van der Waals surface area contributed by atoms with Gasteiger partial charge in [0.15, 0.2) is 0 Å². The van der Waals surface area contributed by atoms with Crippen LogP contribution in [-0.2, 0) is 15.3 Å². The molecule has 0 heterocycles. The fraction of sp³-hybridized carbons (Fsp3) is 0.176. The highest BCUT2D eigenvalue weighted by molar-refractivity contribution is 7.80. The third-order valence-corrected chi connectivity index (χ3v) is 4.14. The molecule has 0 aliphatic heterocycles. The largest absolute Gasteiger partial charge is 0.422 e. The minimum atomic E-state index is -4.99. The second-order valence-electron chi connectivity index (χ2n) is 5.14. The first-order valence-electron chi connectivity index (χ1n) is 6.89. The molecular formula is C17H14F4O2S. The molecule has 0 amide bonds. The first-order chi connectivity index (χ1) is 11.2. The molecule has 1 unspecified atom stereocenters. The highest BCUT2D eigenvalue weighted by Crippen LogP contribution is 2.37. The zero-order chi connectivity index (χ0) is 17.9. The quantitative estimate of drug-likeness (QED) is 0.552. The average Bonchev–Trinajstić information content (AvgIpc) is 2.48. The standard InChI is InChI=1S/C17H14F4O2S/c1-11-3-7-13(8-4-11)15(17(19,20)21)16(18)23-24(22)14-9-5-12(2)6-10-14/h3-10H,1-2H3/b16-15+. The van der Waals surface area contributed by atoms with E-state index in [4.69, 9.17) is 0 Å². The van der Waals surface area contributed by atoms with Crippen LogP contribution >= 0.6 is 0 Å². The molecule has 0 aromatic heterocycles. The van der Waals surface area contributed by atoms with Gasteiger partial charge >= 0.3 is 12.2 Å². The minimum Gasteiger partial charge on any atom is -0.366 e. The van der Waals surface area contributed by atoms with Gasteiger partial charge in [0.25, 0.3) is 0 Å². The van der Waals surface area contributed by atoms with E-state index < -0.39 is 34.4 Å². The highest BCUT2D eigenvalue weighted by atomic mass is 32.2. The molecule has 2 nitrogen and oxygen atoms in total. The van der Waals surface area contributed by atoms with Crippen LogP contribution in [0.1, 0.15) is 16.7 Å². The molecule has 2 aromatic rings. The van der Waals surface area contributed by atoms with Gasteiger partial charge < -0.3 is 4.18 Å². The van der Waals surface area contributed by atoms with Crippen LogP contribution in [0.5, 0.6) is 0 Å². The number of alkyl halides is 3. The predicted octanol–water partition coefficient (Wildman–Crippen LogP) is 5.24. The Kier molecular flexibility index (Phi) is 5.43. The fourth-order valence-corrected chi connectivity index (χ4v) is 2.59. The van der Waals surface area contributed by atoms with Crippen molar-refractivity contribution in [2.24, 2.45) is 0 Å².